The number of rotatable bonds is 5. The summed E-state index contributed by atoms with van der Waals surface area (Å²) in [6.45, 7) is 2.96. The summed E-state index contributed by atoms with van der Waals surface area (Å²) in [4.78, 5) is 14.0. The molecular formula is C15H20F2N2O2. The maximum Gasteiger partial charge on any atom is 0.252 e. The Hall–Kier alpha value is -1.53. The minimum Gasteiger partial charge on any atom is -0.364 e. The zero-order valence-corrected chi connectivity index (χ0v) is 12.0. The summed E-state index contributed by atoms with van der Waals surface area (Å²) in [5.41, 5.74) is 6.09. The Morgan fingerprint density at radius 1 is 1.38 bits per heavy atom. The molecule has 2 atom stereocenters. The first-order valence-corrected chi connectivity index (χ1v) is 7.13. The first-order valence-electron chi connectivity index (χ1n) is 7.13. The molecule has 0 aromatic heterocycles. The van der Waals surface area contributed by atoms with Gasteiger partial charge in [-0.25, -0.2) is 8.78 Å². The molecule has 1 amide bonds. The van der Waals surface area contributed by atoms with Gasteiger partial charge in [0, 0.05) is 19.6 Å². The predicted octanol–water partition coefficient (Wildman–Crippen LogP) is 1.82. The molecule has 1 saturated heterocycles. The van der Waals surface area contributed by atoms with Gasteiger partial charge in [-0.3, -0.25) is 4.79 Å². The quantitative estimate of drug-likeness (QED) is 0.902. The van der Waals surface area contributed by atoms with Gasteiger partial charge in [0.1, 0.15) is 6.10 Å². The van der Waals surface area contributed by atoms with Gasteiger partial charge in [-0.15, -0.1) is 0 Å². The van der Waals surface area contributed by atoms with Gasteiger partial charge in [0.15, 0.2) is 11.6 Å². The molecule has 0 saturated carbocycles. The van der Waals surface area contributed by atoms with Gasteiger partial charge in [-0.1, -0.05) is 6.07 Å². The highest BCUT2D eigenvalue weighted by Gasteiger charge is 2.32. The van der Waals surface area contributed by atoms with Crippen molar-refractivity contribution in [3.8, 4) is 0 Å². The Bertz CT molecular complexity index is 510. The van der Waals surface area contributed by atoms with E-state index < -0.39 is 17.7 Å². The summed E-state index contributed by atoms with van der Waals surface area (Å²) in [6, 6.07) is 3.66. The van der Waals surface area contributed by atoms with Crippen LogP contribution in [0.1, 0.15) is 25.3 Å². The average molecular weight is 298 g/mol. The Kier molecular flexibility index (Phi) is 5.25. The number of hydrogen-bond acceptors (Lipinski definition) is 3. The SMILES string of the molecule is CCN(Cc1ccc(F)c(F)c1)C(=O)C1CCC(CN)O1. The first-order chi connectivity index (χ1) is 10.0. The number of nitrogens with two attached hydrogens (primary N) is 1. The molecule has 2 N–H and O–H groups in total. The molecule has 1 aromatic carbocycles. The van der Waals surface area contributed by atoms with Gasteiger partial charge in [0.25, 0.3) is 5.91 Å². The highest BCUT2D eigenvalue weighted by atomic mass is 19.2. The van der Waals surface area contributed by atoms with E-state index in [0.717, 1.165) is 18.6 Å². The van der Waals surface area contributed by atoms with Crippen molar-refractivity contribution in [2.45, 2.75) is 38.5 Å². The molecule has 1 aliphatic heterocycles. The lowest BCUT2D eigenvalue weighted by molar-refractivity contribution is -0.143. The van der Waals surface area contributed by atoms with Gasteiger partial charge >= 0.3 is 0 Å². The van der Waals surface area contributed by atoms with E-state index >= 15 is 0 Å². The van der Waals surface area contributed by atoms with Crippen molar-refractivity contribution in [1.29, 1.82) is 0 Å². The lowest BCUT2D eigenvalue weighted by Gasteiger charge is -2.24. The maximum atomic E-state index is 13.2. The molecule has 2 unspecified atom stereocenters. The summed E-state index contributed by atoms with van der Waals surface area (Å²) < 4.78 is 31.7. The highest BCUT2D eigenvalue weighted by molar-refractivity contribution is 5.81. The molecule has 0 bridgehead atoms. The zero-order valence-electron chi connectivity index (χ0n) is 12.0. The third kappa shape index (κ3) is 3.77. The first kappa shape index (κ1) is 15.9. The van der Waals surface area contributed by atoms with E-state index in [0.29, 0.717) is 25.1 Å². The molecule has 116 valence electrons. The van der Waals surface area contributed by atoms with E-state index in [9.17, 15) is 13.6 Å². The largest absolute Gasteiger partial charge is 0.364 e. The van der Waals surface area contributed by atoms with E-state index in [1.807, 2.05) is 6.92 Å². The average Bonchev–Trinajstić information content (AvgIpc) is 2.96. The molecule has 1 aliphatic rings. The lowest BCUT2D eigenvalue weighted by Crippen LogP contribution is -2.39. The van der Waals surface area contributed by atoms with Gasteiger partial charge in [-0.2, -0.15) is 0 Å². The zero-order chi connectivity index (χ0) is 15.4. The summed E-state index contributed by atoms with van der Waals surface area (Å²) in [7, 11) is 0. The number of ether oxygens (including phenoxy) is 1. The van der Waals surface area contributed by atoms with E-state index in [2.05, 4.69) is 0 Å². The molecule has 1 aromatic rings. The molecule has 1 fully saturated rings. The third-order valence-electron chi connectivity index (χ3n) is 3.70. The second kappa shape index (κ2) is 6.95. The third-order valence-corrected chi connectivity index (χ3v) is 3.70. The Labute approximate surface area is 122 Å². The van der Waals surface area contributed by atoms with E-state index in [-0.39, 0.29) is 18.6 Å². The van der Waals surface area contributed by atoms with Crippen molar-refractivity contribution >= 4 is 5.91 Å². The molecule has 0 radical (unpaired) electrons. The number of carbonyl (C=O) groups excluding carboxylic acids is 1. The maximum absolute atomic E-state index is 13.2. The van der Waals surface area contributed by atoms with Gasteiger partial charge in [0.2, 0.25) is 0 Å². The standard InChI is InChI=1S/C15H20F2N2O2/c1-2-19(9-10-3-5-12(16)13(17)7-10)15(20)14-6-4-11(8-18)21-14/h3,5,7,11,14H,2,4,6,8-9,18H2,1H3. The summed E-state index contributed by atoms with van der Waals surface area (Å²) in [6.07, 6.45) is 0.870. The van der Waals surface area contributed by atoms with Crippen molar-refractivity contribution in [3.63, 3.8) is 0 Å². The topological polar surface area (TPSA) is 55.6 Å². The van der Waals surface area contributed by atoms with Crippen molar-refractivity contribution in [1.82, 2.24) is 4.90 Å². The number of hydrogen-bond donors (Lipinski definition) is 1. The fraction of sp³-hybridized carbons (Fsp3) is 0.533. The number of halogens is 2. The summed E-state index contributed by atoms with van der Waals surface area (Å²) in [5.74, 6) is -1.92. The van der Waals surface area contributed by atoms with Crippen LogP contribution in [0.4, 0.5) is 8.78 Å². The fourth-order valence-corrected chi connectivity index (χ4v) is 2.47. The van der Waals surface area contributed by atoms with E-state index in [1.165, 1.54) is 6.07 Å². The van der Waals surface area contributed by atoms with Crippen molar-refractivity contribution in [2.75, 3.05) is 13.1 Å². The van der Waals surface area contributed by atoms with Crippen LogP contribution in [0, 0.1) is 11.6 Å². The molecular weight excluding hydrogens is 278 g/mol. The lowest BCUT2D eigenvalue weighted by atomic mass is 10.1. The van der Waals surface area contributed by atoms with Gasteiger partial charge in [-0.05, 0) is 37.5 Å². The van der Waals surface area contributed by atoms with Crippen LogP contribution < -0.4 is 5.73 Å². The number of carbonyl (C=O) groups is 1. The van der Waals surface area contributed by atoms with Crippen molar-refractivity contribution < 1.29 is 18.3 Å². The number of amides is 1. The second-order valence-corrected chi connectivity index (χ2v) is 5.16. The van der Waals surface area contributed by atoms with Crippen LogP contribution in [0.3, 0.4) is 0 Å². The van der Waals surface area contributed by atoms with Gasteiger partial charge < -0.3 is 15.4 Å². The van der Waals surface area contributed by atoms with Crippen LogP contribution in [-0.2, 0) is 16.1 Å². The molecule has 0 spiro atoms. The fourth-order valence-electron chi connectivity index (χ4n) is 2.47. The molecule has 21 heavy (non-hydrogen) atoms. The number of benzene rings is 1. The number of likely N-dealkylation sites (N-methyl/N-ethyl adjacent to an activating group) is 1. The second-order valence-electron chi connectivity index (χ2n) is 5.16. The van der Waals surface area contributed by atoms with Crippen LogP contribution in [0.5, 0.6) is 0 Å². The minimum absolute atomic E-state index is 0.0686. The summed E-state index contributed by atoms with van der Waals surface area (Å²) in [5, 5.41) is 0. The van der Waals surface area contributed by atoms with Crippen LogP contribution in [-0.4, -0.2) is 36.1 Å². The molecule has 2 rings (SSSR count). The minimum atomic E-state index is -0.906. The molecule has 1 heterocycles. The van der Waals surface area contributed by atoms with Gasteiger partial charge in [0.05, 0.1) is 6.10 Å². The van der Waals surface area contributed by atoms with Crippen molar-refractivity contribution in [3.05, 3.63) is 35.4 Å². The normalized spacial score (nSPS) is 21.5. The Balaban J connectivity index is 2.02. The van der Waals surface area contributed by atoms with Crippen LogP contribution in [0.15, 0.2) is 18.2 Å². The van der Waals surface area contributed by atoms with E-state index in [1.54, 1.807) is 4.90 Å². The molecule has 0 aliphatic carbocycles. The number of nitrogens with zero attached hydrogens (tertiary/aromatic N) is 1. The predicted molar refractivity (Wildman–Crippen MR) is 74.4 cm³/mol. The van der Waals surface area contributed by atoms with Crippen LogP contribution >= 0.6 is 0 Å². The van der Waals surface area contributed by atoms with E-state index in [4.69, 9.17) is 10.5 Å². The molecule has 6 heteroatoms. The van der Waals surface area contributed by atoms with Crippen molar-refractivity contribution in [2.24, 2.45) is 5.73 Å². The Morgan fingerprint density at radius 2 is 2.14 bits per heavy atom. The highest BCUT2D eigenvalue weighted by Crippen LogP contribution is 2.21. The Morgan fingerprint density at radius 3 is 2.71 bits per heavy atom. The smallest absolute Gasteiger partial charge is 0.252 e. The molecule has 4 nitrogen and oxygen atoms in total. The monoisotopic (exact) mass is 298 g/mol. The van der Waals surface area contributed by atoms with Crippen LogP contribution in [0.25, 0.3) is 0 Å². The summed E-state index contributed by atoms with van der Waals surface area (Å²) >= 11 is 0. The van der Waals surface area contributed by atoms with Crippen LogP contribution in [0.2, 0.25) is 0 Å².